The molecule has 0 saturated heterocycles. The topological polar surface area (TPSA) is 49.4 Å². The third kappa shape index (κ3) is 3.10. The van der Waals surface area contributed by atoms with E-state index in [1.165, 1.54) is 19.2 Å². The van der Waals surface area contributed by atoms with Gasteiger partial charge in [0.25, 0.3) is 0 Å². The van der Waals surface area contributed by atoms with Gasteiger partial charge in [0.2, 0.25) is 0 Å². The van der Waals surface area contributed by atoms with Crippen LogP contribution in [0.3, 0.4) is 0 Å². The maximum absolute atomic E-state index is 10.6. The number of ether oxygens (including phenoxy) is 1. The van der Waals surface area contributed by atoms with Crippen LogP contribution in [-0.2, 0) is 11.1 Å². The molecular formula is C7H5Cl2NaO3S. The predicted molar refractivity (Wildman–Crippen MR) is 50.2 cm³/mol. The molecule has 7 heteroatoms. The van der Waals surface area contributed by atoms with Gasteiger partial charge >= 0.3 is 29.6 Å². The molecule has 0 amide bonds. The van der Waals surface area contributed by atoms with Crippen LogP contribution >= 0.6 is 23.2 Å². The van der Waals surface area contributed by atoms with Crippen molar-refractivity contribution in [3.05, 3.63) is 22.2 Å². The predicted octanol–water partition coefficient (Wildman–Crippen LogP) is -0.756. The summed E-state index contributed by atoms with van der Waals surface area (Å²) in [5.41, 5.74) is 0. The number of hydrogen-bond donors (Lipinski definition) is 0. The largest absolute Gasteiger partial charge is 1.00 e. The van der Waals surface area contributed by atoms with Gasteiger partial charge in [0, 0.05) is 4.90 Å². The van der Waals surface area contributed by atoms with Crippen LogP contribution < -0.4 is 34.3 Å². The molecule has 72 valence electrons. The smallest absolute Gasteiger partial charge is 0.768 e. The molecule has 0 heterocycles. The Morgan fingerprint density at radius 2 is 1.93 bits per heavy atom. The van der Waals surface area contributed by atoms with Crippen LogP contribution in [-0.4, -0.2) is 15.9 Å². The molecular weight excluding hydrogens is 258 g/mol. The molecule has 0 N–H and O–H groups in total. The van der Waals surface area contributed by atoms with E-state index in [2.05, 4.69) is 0 Å². The molecule has 1 unspecified atom stereocenters. The fourth-order valence-electron chi connectivity index (χ4n) is 0.800. The maximum atomic E-state index is 10.6. The Morgan fingerprint density at radius 1 is 1.36 bits per heavy atom. The second kappa shape index (κ2) is 6.33. The van der Waals surface area contributed by atoms with Crippen molar-refractivity contribution in [2.24, 2.45) is 0 Å². The fourth-order valence-corrected chi connectivity index (χ4v) is 1.87. The SMILES string of the molecule is COc1ccc(S(=O)[O-])c(Cl)c1Cl.[Na+]. The molecule has 1 aromatic rings. The summed E-state index contributed by atoms with van der Waals surface area (Å²) in [6.45, 7) is 0. The van der Waals surface area contributed by atoms with Gasteiger partial charge in [0.15, 0.2) is 0 Å². The van der Waals surface area contributed by atoms with Gasteiger partial charge in [-0.1, -0.05) is 23.2 Å². The van der Waals surface area contributed by atoms with E-state index in [9.17, 15) is 8.76 Å². The monoisotopic (exact) mass is 262 g/mol. The molecule has 0 aromatic heterocycles. The van der Waals surface area contributed by atoms with Crippen molar-refractivity contribution in [2.75, 3.05) is 7.11 Å². The van der Waals surface area contributed by atoms with Crippen LogP contribution in [0.1, 0.15) is 0 Å². The number of hydrogen-bond acceptors (Lipinski definition) is 3. The van der Waals surface area contributed by atoms with Gasteiger partial charge in [-0.15, -0.1) is 0 Å². The van der Waals surface area contributed by atoms with Crippen molar-refractivity contribution in [1.29, 1.82) is 0 Å². The Morgan fingerprint density at radius 3 is 2.36 bits per heavy atom. The van der Waals surface area contributed by atoms with Gasteiger partial charge in [-0.05, 0) is 23.2 Å². The molecule has 3 nitrogen and oxygen atoms in total. The van der Waals surface area contributed by atoms with E-state index in [-0.39, 0.29) is 44.5 Å². The summed E-state index contributed by atoms with van der Waals surface area (Å²) in [5.74, 6) is 0.348. The van der Waals surface area contributed by atoms with Crippen LogP contribution in [0, 0.1) is 0 Å². The minimum Gasteiger partial charge on any atom is -0.768 e. The zero-order valence-electron chi connectivity index (χ0n) is 7.54. The summed E-state index contributed by atoms with van der Waals surface area (Å²) >= 11 is 9.00. The van der Waals surface area contributed by atoms with Crippen LogP contribution in [0.5, 0.6) is 5.75 Å². The molecule has 0 saturated carbocycles. The van der Waals surface area contributed by atoms with Gasteiger partial charge in [0.1, 0.15) is 10.8 Å². The molecule has 0 aliphatic heterocycles. The fraction of sp³-hybridized carbons (Fsp3) is 0.143. The second-order valence-corrected chi connectivity index (χ2v) is 3.79. The molecule has 0 fully saturated rings. The van der Waals surface area contributed by atoms with Crippen molar-refractivity contribution >= 4 is 34.3 Å². The van der Waals surface area contributed by atoms with Gasteiger partial charge in [0.05, 0.1) is 12.1 Å². The summed E-state index contributed by atoms with van der Waals surface area (Å²) in [7, 11) is 1.42. The molecule has 0 spiro atoms. The van der Waals surface area contributed by atoms with Crippen molar-refractivity contribution < 1.29 is 43.1 Å². The Kier molecular flexibility index (Phi) is 6.65. The number of rotatable bonds is 2. The summed E-state index contributed by atoms with van der Waals surface area (Å²) in [5, 5.41) is 0.0835. The maximum Gasteiger partial charge on any atom is 1.00 e. The van der Waals surface area contributed by atoms with Crippen molar-refractivity contribution in [3.63, 3.8) is 0 Å². The van der Waals surface area contributed by atoms with Crippen LogP contribution in [0.25, 0.3) is 0 Å². The van der Waals surface area contributed by atoms with Crippen molar-refractivity contribution in [3.8, 4) is 5.75 Å². The van der Waals surface area contributed by atoms with E-state index < -0.39 is 11.1 Å². The van der Waals surface area contributed by atoms with E-state index in [1.807, 2.05) is 0 Å². The summed E-state index contributed by atoms with van der Waals surface area (Å²) in [4.78, 5) is -0.0348. The van der Waals surface area contributed by atoms with Crippen LogP contribution in [0.2, 0.25) is 10.0 Å². The molecule has 0 radical (unpaired) electrons. The number of halogens is 2. The van der Waals surface area contributed by atoms with E-state index >= 15 is 0 Å². The quantitative estimate of drug-likeness (QED) is 0.521. The molecule has 1 rings (SSSR count). The van der Waals surface area contributed by atoms with Gasteiger partial charge in [-0.25, -0.2) is 0 Å². The Bertz CT molecular complexity index is 359. The van der Waals surface area contributed by atoms with E-state index in [4.69, 9.17) is 27.9 Å². The molecule has 14 heavy (non-hydrogen) atoms. The molecule has 1 aromatic carbocycles. The zero-order valence-corrected chi connectivity index (χ0v) is 11.9. The first-order chi connectivity index (χ1) is 6.07. The summed E-state index contributed by atoms with van der Waals surface area (Å²) in [6, 6.07) is 2.77. The zero-order chi connectivity index (χ0) is 10.0. The third-order valence-electron chi connectivity index (χ3n) is 1.41. The number of benzene rings is 1. The molecule has 0 aliphatic rings. The van der Waals surface area contributed by atoms with Gasteiger partial charge in [-0.2, -0.15) is 0 Å². The average Bonchev–Trinajstić information content (AvgIpc) is 2.09. The van der Waals surface area contributed by atoms with Crippen molar-refractivity contribution in [2.45, 2.75) is 4.90 Å². The Hall–Kier alpha value is 0.710. The molecule has 0 aliphatic carbocycles. The Balaban J connectivity index is 0.00000169. The minimum absolute atomic E-state index is 0. The molecule has 0 bridgehead atoms. The van der Waals surface area contributed by atoms with E-state index in [0.717, 1.165) is 0 Å². The molecule has 1 atom stereocenters. The number of methoxy groups -OCH3 is 1. The first-order valence-corrected chi connectivity index (χ1v) is 5.02. The van der Waals surface area contributed by atoms with E-state index in [1.54, 1.807) is 0 Å². The standard InChI is InChI=1S/C7H6Cl2O3S.Na/c1-12-4-2-3-5(13(10)11)7(9)6(4)8;/h2-3H,1H3,(H,10,11);/q;+1/p-1. The van der Waals surface area contributed by atoms with Crippen molar-refractivity contribution in [1.82, 2.24) is 0 Å². The first-order valence-electron chi connectivity index (χ1n) is 3.19. The average molecular weight is 263 g/mol. The van der Waals surface area contributed by atoms with Gasteiger partial charge < -0.3 is 9.29 Å². The van der Waals surface area contributed by atoms with Gasteiger partial charge in [-0.3, -0.25) is 4.21 Å². The van der Waals surface area contributed by atoms with Crippen LogP contribution in [0.4, 0.5) is 0 Å². The first kappa shape index (κ1) is 14.7. The normalized spacial score (nSPS) is 11.7. The van der Waals surface area contributed by atoms with E-state index in [0.29, 0.717) is 5.75 Å². The summed E-state index contributed by atoms with van der Waals surface area (Å²) in [6.07, 6.45) is 0. The summed E-state index contributed by atoms with van der Waals surface area (Å²) < 4.78 is 26.0. The van der Waals surface area contributed by atoms with Crippen LogP contribution in [0.15, 0.2) is 17.0 Å². The second-order valence-electron chi connectivity index (χ2n) is 2.13. The Labute approximate surface area is 116 Å². The third-order valence-corrected chi connectivity index (χ3v) is 3.09. The minimum atomic E-state index is -2.38.